The van der Waals surface area contributed by atoms with Gasteiger partial charge in [-0.2, -0.15) is 0 Å². The van der Waals surface area contributed by atoms with Gasteiger partial charge in [-0.1, -0.05) is 30.3 Å². The van der Waals surface area contributed by atoms with Crippen LogP contribution in [0.2, 0.25) is 0 Å². The average molecular weight is 508 g/mol. The molecule has 0 radical (unpaired) electrons. The zero-order valence-electron chi connectivity index (χ0n) is 16.8. The van der Waals surface area contributed by atoms with Crippen molar-refractivity contribution in [2.75, 3.05) is 31.6 Å². The summed E-state index contributed by atoms with van der Waals surface area (Å²) in [6.07, 6.45) is 2.48. The summed E-state index contributed by atoms with van der Waals surface area (Å²) in [4.78, 5) is 17.9. The van der Waals surface area contributed by atoms with Crippen molar-refractivity contribution in [3.05, 3.63) is 60.2 Å². The molecule has 29 heavy (non-hydrogen) atoms. The lowest BCUT2D eigenvalue weighted by Gasteiger charge is -2.16. The SMILES string of the molecule is CN=C(NCCCOc1ccccc1)NCc1ccc(N2CCCC2=O)cc1.I. The minimum absolute atomic E-state index is 0. The van der Waals surface area contributed by atoms with Gasteiger partial charge in [0, 0.05) is 38.8 Å². The van der Waals surface area contributed by atoms with E-state index in [9.17, 15) is 4.79 Å². The van der Waals surface area contributed by atoms with E-state index in [2.05, 4.69) is 27.8 Å². The molecule has 1 amide bonds. The first-order valence-electron chi connectivity index (χ1n) is 9.78. The molecule has 1 saturated heterocycles. The van der Waals surface area contributed by atoms with Crippen LogP contribution < -0.4 is 20.3 Å². The van der Waals surface area contributed by atoms with Crippen molar-refractivity contribution in [1.29, 1.82) is 0 Å². The molecule has 6 nitrogen and oxygen atoms in total. The van der Waals surface area contributed by atoms with Gasteiger partial charge < -0.3 is 20.3 Å². The molecule has 156 valence electrons. The Morgan fingerprint density at radius 2 is 1.86 bits per heavy atom. The predicted octanol–water partition coefficient (Wildman–Crippen LogP) is 3.57. The van der Waals surface area contributed by atoms with Crippen molar-refractivity contribution >= 4 is 41.5 Å². The lowest BCUT2D eigenvalue weighted by molar-refractivity contribution is -0.117. The van der Waals surface area contributed by atoms with E-state index in [1.807, 2.05) is 47.4 Å². The van der Waals surface area contributed by atoms with Crippen LogP contribution in [-0.4, -0.2) is 38.6 Å². The number of para-hydroxylation sites is 1. The van der Waals surface area contributed by atoms with Gasteiger partial charge in [-0.25, -0.2) is 0 Å². The Labute approximate surface area is 189 Å². The van der Waals surface area contributed by atoms with E-state index in [4.69, 9.17) is 4.74 Å². The van der Waals surface area contributed by atoms with Crippen LogP contribution in [0, 0.1) is 0 Å². The maximum atomic E-state index is 11.8. The second kappa shape index (κ2) is 12.3. The number of hydrogen-bond donors (Lipinski definition) is 2. The molecular weight excluding hydrogens is 479 g/mol. The number of aliphatic imine (C=N–C) groups is 1. The Kier molecular flexibility index (Phi) is 9.76. The van der Waals surface area contributed by atoms with Crippen LogP contribution in [0.1, 0.15) is 24.8 Å². The number of benzene rings is 2. The maximum Gasteiger partial charge on any atom is 0.227 e. The molecule has 1 heterocycles. The van der Waals surface area contributed by atoms with Gasteiger partial charge in [0.25, 0.3) is 0 Å². The topological polar surface area (TPSA) is 66.0 Å². The van der Waals surface area contributed by atoms with E-state index in [1.165, 1.54) is 0 Å². The number of carbonyl (C=O) groups is 1. The first-order valence-corrected chi connectivity index (χ1v) is 9.78. The van der Waals surface area contributed by atoms with Crippen molar-refractivity contribution in [3.8, 4) is 5.75 Å². The number of amides is 1. The molecule has 0 unspecified atom stereocenters. The summed E-state index contributed by atoms with van der Waals surface area (Å²) in [6, 6.07) is 17.9. The van der Waals surface area contributed by atoms with E-state index in [0.717, 1.165) is 48.9 Å². The molecule has 2 aromatic rings. The number of halogens is 1. The first-order chi connectivity index (χ1) is 13.8. The van der Waals surface area contributed by atoms with Gasteiger partial charge in [0.15, 0.2) is 5.96 Å². The number of nitrogens with zero attached hydrogens (tertiary/aromatic N) is 2. The van der Waals surface area contributed by atoms with Crippen molar-refractivity contribution < 1.29 is 9.53 Å². The predicted molar refractivity (Wildman–Crippen MR) is 128 cm³/mol. The molecule has 0 atom stereocenters. The Bertz CT molecular complexity index is 781. The van der Waals surface area contributed by atoms with Crippen molar-refractivity contribution in [3.63, 3.8) is 0 Å². The van der Waals surface area contributed by atoms with Crippen LogP contribution in [-0.2, 0) is 11.3 Å². The second-order valence-electron chi connectivity index (χ2n) is 6.68. The molecular formula is C22H29IN4O2. The molecule has 1 aliphatic rings. The Hall–Kier alpha value is -2.29. The molecule has 1 aliphatic heterocycles. The molecule has 2 N–H and O–H groups in total. The van der Waals surface area contributed by atoms with E-state index in [-0.39, 0.29) is 29.9 Å². The standard InChI is InChI=1S/C22H28N4O2.HI/c1-23-22(24-14-6-16-28-20-7-3-2-4-8-20)25-17-18-10-12-19(13-11-18)26-15-5-9-21(26)27;/h2-4,7-8,10-13H,5-6,9,14-17H2,1H3,(H2,23,24,25);1H. The summed E-state index contributed by atoms with van der Waals surface area (Å²) < 4.78 is 5.68. The highest BCUT2D eigenvalue weighted by molar-refractivity contribution is 14.0. The van der Waals surface area contributed by atoms with Crippen molar-refractivity contribution in [2.24, 2.45) is 4.99 Å². The molecule has 1 fully saturated rings. The lowest BCUT2D eigenvalue weighted by atomic mass is 10.2. The van der Waals surface area contributed by atoms with Gasteiger partial charge >= 0.3 is 0 Å². The average Bonchev–Trinajstić information content (AvgIpc) is 3.17. The molecule has 0 bridgehead atoms. The molecule has 0 saturated carbocycles. The fourth-order valence-corrected chi connectivity index (χ4v) is 3.11. The normalized spacial score (nSPS) is 13.8. The van der Waals surface area contributed by atoms with Gasteiger partial charge in [0.05, 0.1) is 6.61 Å². The monoisotopic (exact) mass is 508 g/mol. The summed E-state index contributed by atoms with van der Waals surface area (Å²) in [5.74, 6) is 1.87. The molecule has 7 heteroatoms. The summed E-state index contributed by atoms with van der Waals surface area (Å²) in [7, 11) is 1.76. The molecule has 2 aromatic carbocycles. The minimum Gasteiger partial charge on any atom is -0.494 e. The third-order valence-corrected chi connectivity index (χ3v) is 4.63. The first kappa shape index (κ1) is 23.0. The highest BCUT2D eigenvalue weighted by Gasteiger charge is 2.21. The van der Waals surface area contributed by atoms with Crippen LogP contribution in [0.25, 0.3) is 0 Å². The van der Waals surface area contributed by atoms with Gasteiger partial charge in [-0.05, 0) is 42.7 Å². The third kappa shape index (κ3) is 7.23. The van der Waals surface area contributed by atoms with E-state index in [1.54, 1.807) is 7.05 Å². The Balaban J connectivity index is 0.00000300. The number of carbonyl (C=O) groups excluding carboxylic acids is 1. The van der Waals surface area contributed by atoms with Crippen LogP contribution in [0.5, 0.6) is 5.75 Å². The summed E-state index contributed by atoms with van der Waals surface area (Å²) in [5.41, 5.74) is 2.12. The van der Waals surface area contributed by atoms with Gasteiger partial charge in [0.1, 0.15) is 5.75 Å². The molecule has 3 rings (SSSR count). The van der Waals surface area contributed by atoms with E-state index in [0.29, 0.717) is 19.6 Å². The number of anilines is 1. The third-order valence-electron chi connectivity index (χ3n) is 4.63. The number of guanidine groups is 1. The van der Waals surface area contributed by atoms with Gasteiger partial charge in [-0.3, -0.25) is 9.79 Å². The largest absolute Gasteiger partial charge is 0.494 e. The van der Waals surface area contributed by atoms with E-state index >= 15 is 0 Å². The number of ether oxygens (including phenoxy) is 1. The van der Waals surface area contributed by atoms with Gasteiger partial charge in [-0.15, -0.1) is 24.0 Å². The van der Waals surface area contributed by atoms with Crippen molar-refractivity contribution in [1.82, 2.24) is 10.6 Å². The van der Waals surface area contributed by atoms with Crippen LogP contribution in [0.4, 0.5) is 5.69 Å². The molecule has 0 spiro atoms. The Morgan fingerprint density at radius 1 is 1.10 bits per heavy atom. The molecule has 0 aromatic heterocycles. The van der Waals surface area contributed by atoms with E-state index < -0.39 is 0 Å². The second-order valence-corrected chi connectivity index (χ2v) is 6.68. The van der Waals surface area contributed by atoms with Crippen molar-refractivity contribution in [2.45, 2.75) is 25.8 Å². The minimum atomic E-state index is 0. The smallest absolute Gasteiger partial charge is 0.227 e. The quantitative estimate of drug-likeness (QED) is 0.248. The van der Waals surface area contributed by atoms with Crippen LogP contribution in [0.15, 0.2) is 59.6 Å². The lowest BCUT2D eigenvalue weighted by Crippen LogP contribution is -2.37. The van der Waals surface area contributed by atoms with Crippen LogP contribution in [0.3, 0.4) is 0 Å². The van der Waals surface area contributed by atoms with Gasteiger partial charge in [0.2, 0.25) is 5.91 Å². The Morgan fingerprint density at radius 3 is 2.52 bits per heavy atom. The summed E-state index contributed by atoms with van der Waals surface area (Å²) >= 11 is 0. The molecule has 0 aliphatic carbocycles. The fraction of sp³-hybridized carbons (Fsp3) is 0.364. The van der Waals surface area contributed by atoms with Crippen LogP contribution >= 0.6 is 24.0 Å². The number of nitrogens with one attached hydrogen (secondary N) is 2. The fourth-order valence-electron chi connectivity index (χ4n) is 3.11. The zero-order chi connectivity index (χ0) is 19.6. The maximum absolute atomic E-state index is 11.8. The summed E-state index contributed by atoms with van der Waals surface area (Å²) in [6.45, 7) is 2.93. The zero-order valence-corrected chi connectivity index (χ0v) is 19.1. The highest BCUT2D eigenvalue weighted by Crippen LogP contribution is 2.21. The highest BCUT2D eigenvalue weighted by atomic mass is 127. The number of rotatable bonds is 8. The number of hydrogen-bond acceptors (Lipinski definition) is 3. The summed E-state index contributed by atoms with van der Waals surface area (Å²) in [5, 5.41) is 6.60.